The minimum absolute atomic E-state index is 0.0175. The third-order valence-corrected chi connectivity index (χ3v) is 2.83. The zero-order chi connectivity index (χ0) is 15.8. The van der Waals surface area contributed by atoms with Crippen molar-refractivity contribution < 1.29 is 19.4 Å². The predicted molar refractivity (Wildman–Crippen MR) is 78.3 cm³/mol. The molecule has 0 radical (unpaired) electrons. The zero-order valence-corrected chi connectivity index (χ0v) is 11.8. The first-order valence-corrected chi connectivity index (χ1v) is 6.62. The highest BCUT2D eigenvalue weighted by Crippen LogP contribution is 2.13. The van der Waals surface area contributed by atoms with E-state index < -0.39 is 12.1 Å². The number of rotatable bonds is 6. The van der Waals surface area contributed by atoms with Gasteiger partial charge in [-0.3, -0.25) is 9.69 Å². The van der Waals surface area contributed by atoms with E-state index in [0.717, 1.165) is 5.56 Å². The Balaban J connectivity index is 2.04. The van der Waals surface area contributed by atoms with Gasteiger partial charge in [0.05, 0.1) is 24.5 Å². The van der Waals surface area contributed by atoms with Crippen molar-refractivity contribution in [2.45, 2.75) is 13.0 Å². The van der Waals surface area contributed by atoms with Crippen molar-refractivity contribution in [3.8, 4) is 0 Å². The van der Waals surface area contributed by atoms with E-state index in [1.54, 1.807) is 0 Å². The summed E-state index contributed by atoms with van der Waals surface area (Å²) in [7, 11) is 0. The molecule has 0 aliphatic heterocycles. The molecule has 0 aliphatic rings. The van der Waals surface area contributed by atoms with Crippen LogP contribution >= 0.6 is 0 Å². The topological polar surface area (TPSA) is 92.6 Å². The Morgan fingerprint density at radius 2 is 1.82 bits per heavy atom. The smallest absolute Gasteiger partial charge is 0.414 e. The summed E-state index contributed by atoms with van der Waals surface area (Å²) in [5, 5.41) is 8.79. The van der Waals surface area contributed by atoms with Crippen molar-refractivity contribution in [1.82, 2.24) is 9.97 Å². The summed E-state index contributed by atoms with van der Waals surface area (Å²) < 4.78 is 5.22. The maximum atomic E-state index is 12.2. The zero-order valence-electron chi connectivity index (χ0n) is 11.8. The Morgan fingerprint density at radius 3 is 2.45 bits per heavy atom. The number of amides is 1. The average Bonchev–Trinajstić information content (AvgIpc) is 2.55. The van der Waals surface area contributed by atoms with Gasteiger partial charge < -0.3 is 9.84 Å². The van der Waals surface area contributed by atoms with Crippen LogP contribution < -0.4 is 4.90 Å². The number of anilines is 1. The summed E-state index contributed by atoms with van der Waals surface area (Å²) in [6.45, 7) is 0.0905. The van der Waals surface area contributed by atoms with Gasteiger partial charge in [0.25, 0.3) is 0 Å². The van der Waals surface area contributed by atoms with E-state index in [1.807, 2.05) is 30.3 Å². The van der Waals surface area contributed by atoms with E-state index in [1.165, 1.54) is 23.6 Å². The lowest BCUT2D eigenvalue weighted by atomic mass is 10.2. The van der Waals surface area contributed by atoms with E-state index in [9.17, 15) is 9.59 Å². The van der Waals surface area contributed by atoms with Gasteiger partial charge in [-0.05, 0) is 5.56 Å². The molecule has 7 nitrogen and oxygen atoms in total. The molecule has 0 bridgehead atoms. The van der Waals surface area contributed by atoms with Crippen LogP contribution in [0.1, 0.15) is 12.0 Å². The number of aliphatic carboxylic acids is 1. The van der Waals surface area contributed by atoms with E-state index in [-0.39, 0.29) is 19.6 Å². The molecule has 0 unspecified atom stereocenters. The fourth-order valence-electron chi connectivity index (χ4n) is 1.76. The van der Waals surface area contributed by atoms with Gasteiger partial charge in [-0.15, -0.1) is 0 Å². The number of aromatic nitrogens is 2. The first-order chi connectivity index (χ1) is 10.7. The molecule has 2 rings (SSSR count). The number of carbonyl (C=O) groups is 2. The summed E-state index contributed by atoms with van der Waals surface area (Å²) in [5.74, 6) is -1.00. The van der Waals surface area contributed by atoms with Crippen LogP contribution in [0.15, 0.2) is 49.1 Å². The van der Waals surface area contributed by atoms with Crippen molar-refractivity contribution in [3.05, 3.63) is 54.6 Å². The monoisotopic (exact) mass is 301 g/mol. The second kappa shape index (κ2) is 7.72. The standard InChI is InChI=1S/C15H15N3O4/c19-14(20)6-7-18(13-8-16-11-17-9-13)15(21)22-10-12-4-2-1-3-5-12/h1-5,8-9,11H,6-7,10H2,(H,19,20). The molecule has 114 valence electrons. The third kappa shape index (κ3) is 4.55. The molecule has 0 fully saturated rings. The molecule has 1 aromatic heterocycles. The first-order valence-electron chi connectivity index (χ1n) is 6.62. The maximum Gasteiger partial charge on any atom is 0.414 e. The Morgan fingerprint density at radius 1 is 1.14 bits per heavy atom. The van der Waals surface area contributed by atoms with Crippen LogP contribution in [0, 0.1) is 0 Å². The van der Waals surface area contributed by atoms with Crippen LogP contribution in [0.5, 0.6) is 0 Å². The molecule has 1 amide bonds. The number of carbonyl (C=O) groups excluding carboxylic acids is 1. The fraction of sp³-hybridized carbons (Fsp3) is 0.200. The van der Waals surface area contributed by atoms with Crippen LogP contribution in [-0.2, 0) is 16.1 Å². The van der Waals surface area contributed by atoms with Gasteiger partial charge in [0.2, 0.25) is 0 Å². The normalized spacial score (nSPS) is 10.0. The number of carboxylic acids is 1. The lowest BCUT2D eigenvalue weighted by molar-refractivity contribution is -0.136. The predicted octanol–water partition coefficient (Wildman–Crippen LogP) is 2.09. The number of ether oxygens (including phenoxy) is 1. The van der Waals surface area contributed by atoms with Crippen molar-refractivity contribution >= 4 is 17.7 Å². The van der Waals surface area contributed by atoms with Gasteiger partial charge in [0, 0.05) is 6.54 Å². The van der Waals surface area contributed by atoms with E-state index >= 15 is 0 Å². The highest BCUT2D eigenvalue weighted by Gasteiger charge is 2.19. The highest BCUT2D eigenvalue weighted by atomic mass is 16.6. The molecule has 0 atom stereocenters. The highest BCUT2D eigenvalue weighted by molar-refractivity contribution is 5.87. The molecular formula is C15H15N3O4. The minimum Gasteiger partial charge on any atom is -0.481 e. The molecule has 0 spiro atoms. The molecule has 1 heterocycles. The van der Waals surface area contributed by atoms with Gasteiger partial charge in [0.1, 0.15) is 12.9 Å². The van der Waals surface area contributed by atoms with E-state index in [4.69, 9.17) is 9.84 Å². The van der Waals surface area contributed by atoms with Gasteiger partial charge in [-0.25, -0.2) is 14.8 Å². The van der Waals surface area contributed by atoms with Gasteiger partial charge >= 0.3 is 12.1 Å². The van der Waals surface area contributed by atoms with Crippen molar-refractivity contribution in [1.29, 1.82) is 0 Å². The molecule has 0 aliphatic carbocycles. The fourth-order valence-corrected chi connectivity index (χ4v) is 1.76. The van der Waals surface area contributed by atoms with Crippen LogP contribution in [0.2, 0.25) is 0 Å². The molecule has 7 heteroatoms. The quantitative estimate of drug-likeness (QED) is 0.878. The van der Waals surface area contributed by atoms with Crippen molar-refractivity contribution in [3.63, 3.8) is 0 Å². The van der Waals surface area contributed by atoms with Crippen LogP contribution in [0.25, 0.3) is 0 Å². The summed E-state index contributed by atoms with van der Waals surface area (Å²) in [4.78, 5) is 31.8. The van der Waals surface area contributed by atoms with E-state index in [0.29, 0.717) is 5.69 Å². The Bertz CT molecular complexity index is 619. The number of nitrogens with zero attached hydrogens (tertiary/aromatic N) is 3. The van der Waals surface area contributed by atoms with Crippen molar-refractivity contribution in [2.24, 2.45) is 0 Å². The Kier molecular flexibility index (Phi) is 5.42. The molecule has 22 heavy (non-hydrogen) atoms. The average molecular weight is 301 g/mol. The number of benzene rings is 1. The minimum atomic E-state index is -1.00. The summed E-state index contributed by atoms with van der Waals surface area (Å²) in [5.41, 5.74) is 1.24. The van der Waals surface area contributed by atoms with E-state index in [2.05, 4.69) is 9.97 Å². The van der Waals surface area contributed by atoms with Crippen LogP contribution in [-0.4, -0.2) is 33.7 Å². The Labute approximate surface area is 127 Å². The lowest BCUT2D eigenvalue weighted by Crippen LogP contribution is -2.33. The number of hydrogen-bond acceptors (Lipinski definition) is 5. The first kappa shape index (κ1) is 15.4. The summed E-state index contributed by atoms with van der Waals surface area (Å²) in [6.07, 6.45) is 3.35. The lowest BCUT2D eigenvalue weighted by Gasteiger charge is -2.20. The molecule has 0 saturated carbocycles. The maximum absolute atomic E-state index is 12.2. The second-order valence-corrected chi connectivity index (χ2v) is 4.43. The largest absolute Gasteiger partial charge is 0.481 e. The summed E-state index contributed by atoms with van der Waals surface area (Å²) >= 11 is 0. The molecule has 1 aromatic carbocycles. The third-order valence-electron chi connectivity index (χ3n) is 2.83. The van der Waals surface area contributed by atoms with Crippen LogP contribution in [0.4, 0.5) is 10.5 Å². The van der Waals surface area contributed by atoms with Crippen molar-refractivity contribution in [2.75, 3.05) is 11.4 Å². The van der Waals surface area contributed by atoms with Crippen LogP contribution in [0.3, 0.4) is 0 Å². The molecule has 0 saturated heterocycles. The Hall–Kier alpha value is -2.96. The second-order valence-electron chi connectivity index (χ2n) is 4.43. The SMILES string of the molecule is O=C(O)CCN(C(=O)OCc1ccccc1)c1cncnc1. The van der Waals surface area contributed by atoms with Gasteiger partial charge in [0.15, 0.2) is 0 Å². The number of carboxylic acid groups (broad SMARTS) is 1. The molecule has 2 aromatic rings. The summed E-state index contributed by atoms with van der Waals surface area (Å²) in [6, 6.07) is 9.22. The van der Waals surface area contributed by atoms with Gasteiger partial charge in [-0.1, -0.05) is 30.3 Å². The van der Waals surface area contributed by atoms with Gasteiger partial charge in [-0.2, -0.15) is 0 Å². The molecular weight excluding hydrogens is 286 g/mol. The number of hydrogen-bond donors (Lipinski definition) is 1. The molecule has 1 N–H and O–H groups in total.